The lowest BCUT2D eigenvalue weighted by Gasteiger charge is -2.34. The van der Waals surface area contributed by atoms with E-state index in [1.165, 1.54) is 17.0 Å². The largest absolute Gasteiger partial charge is 0.486 e. The predicted molar refractivity (Wildman–Crippen MR) is 120 cm³/mol. The van der Waals surface area contributed by atoms with Crippen molar-refractivity contribution in [1.82, 2.24) is 9.62 Å². The number of nitrogens with one attached hydrogen (secondary N) is 1. The highest BCUT2D eigenvalue weighted by atomic mass is 32.2. The molecule has 0 saturated carbocycles. The molecule has 0 unspecified atom stereocenters. The van der Waals surface area contributed by atoms with E-state index in [1.54, 1.807) is 6.07 Å². The number of rotatable bonds is 7. The van der Waals surface area contributed by atoms with Crippen LogP contribution in [0.4, 0.5) is 0 Å². The quantitative estimate of drug-likeness (QED) is 0.619. The van der Waals surface area contributed by atoms with Crippen LogP contribution in [0.2, 0.25) is 0 Å². The maximum atomic E-state index is 13.4. The van der Waals surface area contributed by atoms with Gasteiger partial charge in [0, 0.05) is 19.2 Å². The molecule has 0 bridgehead atoms. The summed E-state index contributed by atoms with van der Waals surface area (Å²) in [5.41, 5.74) is 6.26. The van der Waals surface area contributed by atoms with Crippen molar-refractivity contribution in [3.05, 3.63) is 54.1 Å². The van der Waals surface area contributed by atoms with Crippen molar-refractivity contribution in [2.45, 2.75) is 30.2 Å². The van der Waals surface area contributed by atoms with Gasteiger partial charge in [-0.1, -0.05) is 30.3 Å². The molecule has 0 radical (unpaired) electrons. The summed E-state index contributed by atoms with van der Waals surface area (Å²) >= 11 is 0. The third kappa shape index (κ3) is 5.45. The predicted octanol–water partition coefficient (Wildman–Crippen LogP) is 1.07. The van der Waals surface area contributed by atoms with Crippen molar-refractivity contribution in [1.29, 1.82) is 0 Å². The van der Waals surface area contributed by atoms with E-state index in [2.05, 4.69) is 4.72 Å². The maximum Gasteiger partial charge on any atom is 0.241 e. The number of nitrogens with two attached hydrogens (primary N) is 1. The van der Waals surface area contributed by atoms with E-state index in [0.29, 0.717) is 44.1 Å². The van der Waals surface area contributed by atoms with Crippen molar-refractivity contribution >= 4 is 21.8 Å². The zero-order valence-corrected chi connectivity index (χ0v) is 18.9. The second-order valence-corrected chi connectivity index (χ2v) is 9.91. The average molecular weight is 474 g/mol. The van der Waals surface area contributed by atoms with E-state index in [0.717, 1.165) is 5.56 Å². The number of sulfonamides is 1. The summed E-state index contributed by atoms with van der Waals surface area (Å²) in [7, 11) is -4.05. The smallest absolute Gasteiger partial charge is 0.241 e. The fourth-order valence-corrected chi connectivity index (χ4v) is 5.31. The van der Waals surface area contributed by atoms with Gasteiger partial charge in [-0.2, -0.15) is 4.72 Å². The first-order valence-electron chi connectivity index (χ1n) is 10.9. The second-order valence-electron chi connectivity index (χ2n) is 8.19. The minimum absolute atomic E-state index is 0.0220. The van der Waals surface area contributed by atoms with Crippen LogP contribution in [0.5, 0.6) is 11.5 Å². The van der Waals surface area contributed by atoms with Gasteiger partial charge in [0.1, 0.15) is 19.3 Å². The van der Waals surface area contributed by atoms with E-state index < -0.39 is 27.9 Å². The van der Waals surface area contributed by atoms with Crippen LogP contribution in [0.1, 0.15) is 18.4 Å². The molecule has 2 heterocycles. The van der Waals surface area contributed by atoms with Crippen LogP contribution < -0.4 is 19.9 Å². The Kier molecular flexibility index (Phi) is 6.85. The summed E-state index contributed by atoms with van der Waals surface area (Å²) in [5.74, 6) is -0.456. The van der Waals surface area contributed by atoms with Crippen molar-refractivity contribution < 1.29 is 27.5 Å². The highest BCUT2D eigenvalue weighted by molar-refractivity contribution is 7.89. The maximum absolute atomic E-state index is 13.4. The van der Waals surface area contributed by atoms with Gasteiger partial charge in [0.25, 0.3) is 0 Å². The Morgan fingerprint density at radius 2 is 1.82 bits per heavy atom. The Morgan fingerprint density at radius 3 is 2.55 bits per heavy atom. The van der Waals surface area contributed by atoms with Gasteiger partial charge < -0.3 is 20.1 Å². The highest BCUT2D eigenvalue weighted by Gasteiger charge is 2.34. The number of carbonyl (C=O) groups is 2. The number of likely N-dealkylation sites (tertiary alicyclic amines) is 1. The van der Waals surface area contributed by atoms with Gasteiger partial charge in [0.2, 0.25) is 21.8 Å². The molecule has 1 fully saturated rings. The van der Waals surface area contributed by atoms with E-state index in [9.17, 15) is 18.0 Å². The summed E-state index contributed by atoms with van der Waals surface area (Å²) in [4.78, 5) is 26.6. The Morgan fingerprint density at radius 1 is 1.09 bits per heavy atom. The number of primary amides is 1. The SMILES string of the molecule is NC(=O)[C@H]1CCCN(C(=O)[C@@H](Cc2ccccc2)NS(=O)(=O)c2ccc3c(c2)OCCO3)C1. The number of fused-ring (bicyclic) bond motifs is 1. The minimum Gasteiger partial charge on any atom is -0.486 e. The molecule has 9 nitrogen and oxygen atoms in total. The number of ether oxygens (including phenoxy) is 2. The van der Waals surface area contributed by atoms with Crippen LogP contribution in [-0.4, -0.2) is 57.5 Å². The molecule has 33 heavy (non-hydrogen) atoms. The molecule has 2 aliphatic heterocycles. The molecule has 0 aliphatic carbocycles. The fourth-order valence-electron chi connectivity index (χ4n) is 4.11. The number of benzene rings is 2. The standard InChI is InChI=1S/C23H27N3O6S/c24-22(27)17-7-4-10-26(15-17)23(28)19(13-16-5-2-1-3-6-16)25-33(29,30)18-8-9-20-21(14-18)32-12-11-31-20/h1-3,5-6,8-9,14,17,19,25H,4,7,10-13,15H2,(H2,24,27)/t17-,19+/m0/s1. The number of amides is 2. The molecular weight excluding hydrogens is 446 g/mol. The van der Waals surface area contributed by atoms with E-state index in [1.807, 2.05) is 30.3 Å². The number of carbonyl (C=O) groups excluding carboxylic acids is 2. The van der Waals surface area contributed by atoms with Crippen LogP contribution in [0.25, 0.3) is 0 Å². The topological polar surface area (TPSA) is 128 Å². The van der Waals surface area contributed by atoms with Crippen LogP contribution in [0.3, 0.4) is 0 Å². The summed E-state index contributed by atoms with van der Waals surface area (Å²) in [6, 6.07) is 12.5. The molecular formula is C23H27N3O6S. The van der Waals surface area contributed by atoms with Crippen LogP contribution in [0, 0.1) is 5.92 Å². The third-order valence-corrected chi connectivity index (χ3v) is 7.31. The minimum atomic E-state index is -4.05. The molecule has 2 aromatic carbocycles. The molecule has 2 aliphatic rings. The summed E-state index contributed by atoms with van der Waals surface area (Å²) in [6.45, 7) is 1.35. The lowest BCUT2D eigenvalue weighted by molar-refractivity contribution is -0.136. The van der Waals surface area contributed by atoms with Crippen molar-refractivity contribution in [2.24, 2.45) is 11.7 Å². The van der Waals surface area contributed by atoms with Crippen molar-refractivity contribution in [2.75, 3.05) is 26.3 Å². The molecule has 2 aromatic rings. The Balaban J connectivity index is 1.59. The summed E-state index contributed by atoms with van der Waals surface area (Å²) in [6.07, 6.45) is 1.42. The van der Waals surface area contributed by atoms with Crippen LogP contribution in [0.15, 0.2) is 53.4 Å². The van der Waals surface area contributed by atoms with Gasteiger partial charge in [-0.25, -0.2) is 8.42 Å². The molecule has 0 spiro atoms. The average Bonchev–Trinajstić information content (AvgIpc) is 2.83. The first kappa shape index (κ1) is 23.1. The molecule has 2 amide bonds. The van der Waals surface area contributed by atoms with Crippen molar-refractivity contribution in [3.63, 3.8) is 0 Å². The summed E-state index contributed by atoms with van der Waals surface area (Å²) < 4.78 is 40.0. The zero-order valence-electron chi connectivity index (χ0n) is 18.1. The molecule has 0 aromatic heterocycles. The van der Waals surface area contributed by atoms with Gasteiger partial charge >= 0.3 is 0 Å². The third-order valence-electron chi connectivity index (χ3n) is 5.84. The van der Waals surface area contributed by atoms with E-state index in [-0.39, 0.29) is 23.8 Å². The lowest BCUT2D eigenvalue weighted by Crippen LogP contribution is -2.53. The number of hydrogen-bond acceptors (Lipinski definition) is 6. The van der Waals surface area contributed by atoms with Gasteiger partial charge in [0.05, 0.1) is 10.8 Å². The molecule has 10 heteroatoms. The highest BCUT2D eigenvalue weighted by Crippen LogP contribution is 2.32. The zero-order chi connectivity index (χ0) is 23.4. The van der Waals surface area contributed by atoms with E-state index >= 15 is 0 Å². The van der Waals surface area contributed by atoms with Crippen molar-refractivity contribution in [3.8, 4) is 11.5 Å². The lowest BCUT2D eigenvalue weighted by atomic mass is 9.96. The molecule has 3 N–H and O–H groups in total. The fraction of sp³-hybridized carbons (Fsp3) is 0.391. The van der Waals surface area contributed by atoms with Crippen LogP contribution in [-0.2, 0) is 26.0 Å². The van der Waals surface area contributed by atoms with Gasteiger partial charge in [0.15, 0.2) is 11.5 Å². The monoisotopic (exact) mass is 473 g/mol. The Bertz CT molecular complexity index is 1120. The first-order valence-corrected chi connectivity index (χ1v) is 12.4. The van der Waals surface area contributed by atoms with E-state index in [4.69, 9.17) is 15.2 Å². The number of nitrogens with zero attached hydrogens (tertiary/aromatic N) is 1. The second kappa shape index (κ2) is 9.80. The molecule has 4 rings (SSSR count). The molecule has 2 atom stereocenters. The normalized spacial score (nSPS) is 19.0. The van der Waals surface area contributed by atoms with Gasteiger partial charge in [-0.15, -0.1) is 0 Å². The molecule has 1 saturated heterocycles. The Hall–Kier alpha value is -3.11. The number of piperidine rings is 1. The van der Waals surface area contributed by atoms with Gasteiger partial charge in [-0.05, 0) is 37.0 Å². The van der Waals surface area contributed by atoms with Crippen LogP contribution >= 0.6 is 0 Å². The number of hydrogen-bond donors (Lipinski definition) is 2. The summed E-state index contributed by atoms with van der Waals surface area (Å²) in [5, 5.41) is 0. The van der Waals surface area contributed by atoms with Gasteiger partial charge in [-0.3, -0.25) is 9.59 Å². The first-order chi connectivity index (χ1) is 15.8. The molecule has 176 valence electrons. The Labute approximate surface area is 192 Å².